The highest BCUT2D eigenvalue weighted by Gasteiger charge is 2.46. The first-order valence-electron chi connectivity index (χ1n) is 9.42. The van der Waals surface area contributed by atoms with Gasteiger partial charge in [-0.25, -0.2) is 28.0 Å². The fourth-order valence-corrected chi connectivity index (χ4v) is 3.64. The van der Waals surface area contributed by atoms with Crippen LogP contribution in [0.3, 0.4) is 0 Å². The molecule has 0 fully saturated rings. The van der Waals surface area contributed by atoms with Crippen LogP contribution in [0.15, 0.2) is 60.2 Å². The SMILES string of the molecule is C[C@@H](N1N=CC(c2ccc(F)cc2)[NH+]1[O-])[C@](O)(Cn1cncn1)c1ccc(F)cc1F. The summed E-state index contributed by atoms with van der Waals surface area (Å²) >= 11 is 0. The van der Waals surface area contributed by atoms with Crippen molar-refractivity contribution in [1.29, 1.82) is 0 Å². The second-order valence-corrected chi connectivity index (χ2v) is 7.29. The molecule has 4 atom stereocenters. The van der Waals surface area contributed by atoms with E-state index in [1.165, 1.54) is 54.7 Å². The molecule has 0 spiro atoms. The van der Waals surface area contributed by atoms with Gasteiger partial charge in [-0.2, -0.15) is 5.10 Å². The highest BCUT2D eigenvalue weighted by molar-refractivity contribution is 5.66. The molecular formula is C20H19F3N6O2. The average Bonchev–Trinajstić information content (AvgIpc) is 3.37. The molecule has 0 bridgehead atoms. The van der Waals surface area contributed by atoms with Crippen molar-refractivity contribution in [3.05, 3.63) is 88.9 Å². The van der Waals surface area contributed by atoms with Gasteiger partial charge in [-0.1, -0.05) is 6.07 Å². The zero-order chi connectivity index (χ0) is 22.2. The number of nitrogens with one attached hydrogen (secondary N) is 1. The summed E-state index contributed by atoms with van der Waals surface area (Å²) in [4.78, 5) is 3.81. The van der Waals surface area contributed by atoms with Gasteiger partial charge in [0.1, 0.15) is 41.7 Å². The van der Waals surface area contributed by atoms with E-state index in [2.05, 4.69) is 15.2 Å². The lowest BCUT2D eigenvalue weighted by Crippen LogP contribution is -3.13. The van der Waals surface area contributed by atoms with Crippen LogP contribution in [0.4, 0.5) is 13.2 Å². The number of quaternary nitrogens is 1. The Hall–Kier alpha value is -3.28. The van der Waals surface area contributed by atoms with Gasteiger partial charge in [0.15, 0.2) is 6.04 Å². The van der Waals surface area contributed by atoms with Gasteiger partial charge < -0.3 is 10.3 Å². The minimum atomic E-state index is -2.02. The van der Waals surface area contributed by atoms with Crippen molar-refractivity contribution in [1.82, 2.24) is 19.9 Å². The van der Waals surface area contributed by atoms with Gasteiger partial charge in [0.2, 0.25) is 0 Å². The van der Waals surface area contributed by atoms with Gasteiger partial charge in [-0.3, -0.25) is 0 Å². The minimum absolute atomic E-state index is 0.217. The van der Waals surface area contributed by atoms with Crippen LogP contribution in [0.1, 0.15) is 24.1 Å². The highest BCUT2D eigenvalue weighted by Crippen LogP contribution is 2.32. The third kappa shape index (κ3) is 3.90. The number of aliphatic hydroxyl groups is 1. The van der Waals surface area contributed by atoms with E-state index in [1.807, 2.05) is 0 Å². The molecule has 0 amide bonds. The van der Waals surface area contributed by atoms with Crippen LogP contribution in [-0.2, 0) is 12.1 Å². The molecule has 1 aliphatic heterocycles. The summed E-state index contributed by atoms with van der Waals surface area (Å²) < 4.78 is 42.7. The first-order chi connectivity index (χ1) is 14.8. The summed E-state index contributed by atoms with van der Waals surface area (Å²) in [5, 5.41) is 33.3. The van der Waals surface area contributed by atoms with E-state index in [0.717, 1.165) is 17.3 Å². The molecule has 0 saturated carbocycles. The topological polar surface area (TPSA) is 94.0 Å². The number of benzene rings is 2. The summed E-state index contributed by atoms with van der Waals surface area (Å²) in [6, 6.07) is 6.37. The molecule has 0 aliphatic carbocycles. The predicted molar refractivity (Wildman–Crippen MR) is 104 cm³/mol. The third-order valence-corrected chi connectivity index (χ3v) is 5.39. The Kier molecular flexibility index (Phi) is 5.48. The molecule has 2 N–H and O–H groups in total. The van der Waals surface area contributed by atoms with E-state index < -0.39 is 40.3 Å². The summed E-state index contributed by atoms with van der Waals surface area (Å²) in [6.45, 7) is 1.24. The summed E-state index contributed by atoms with van der Waals surface area (Å²) in [5.74, 6) is -2.21. The normalized spacial score (nSPS) is 21.3. The molecule has 4 rings (SSSR count). The summed E-state index contributed by atoms with van der Waals surface area (Å²) in [6.07, 6.45) is 3.95. The van der Waals surface area contributed by atoms with Gasteiger partial charge in [0, 0.05) is 17.2 Å². The number of hydrazone groups is 1. The Morgan fingerprint density at radius 1 is 1.16 bits per heavy atom. The van der Waals surface area contributed by atoms with Gasteiger partial charge in [0.25, 0.3) is 0 Å². The molecule has 2 aromatic carbocycles. The fraction of sp³-hybridized carbons (Fsp3) is 0.250. The predicted octanol–water partition coefficient (Wildman–Crippen LogP) is 1.31. The lowest BCUT2D eigenvalue weighted by Gasteiger charge is -2.41. The number of hydrogen-bond donors (Lipinski definition) is 2. The van der Waals surface area contributed by atoms with Crippen molar-refractivity contribution in [2.75, 3.05) is 0 Å². The van der Waals surface area contributed by atoms with E-state index >= 15 is 0 Å². The third-order valence-electron chi connectivity index (χ3n) is 5.39. The maximum absolute atomic E-state index is 14.7. The van der Waals surface area contributed by atoms with Crippen molar-refractivity contribution in [2.45, 2.75) is 31.2 Å². The Bertz CT molecular complexity index is 1080. The molecule has 3 aromatic rings. The monoisotopic (exact) mass is 432 g/mol. The van der Waals surface area contributed by atoms with Gasteiger partial charge in [0.05, 0.1) is 12.8 Å². The van der Waals surface area contributed by atoms with Crippen LogP contribution < -0.4 is 5.17 Å². The zero-order valence-electron chi connectivity index (χ0n) is 16.4. The van der Waals surface area contributed by atoms with Crippen LogP contribution in [0, 0.1) is 22.7 Å². The first-order valence-corrected chi connectivity index (χ1v) is 9.42. The molecule has 1 aliphatic rings. The second kappa shape index (κ2) is 8.10. The zero-order valence-corrected chi connectivity index (χ0v) is 16.4. The molecular weight excluding hydrogens is 413 g/mol. The van der Waals surface area contributed by atoms with Gasteiger partial charge in [-0.05, 0) is 37.3 Å². The van der Waals surface area contributed by atoms with Crippen molar-refractivity contribution < 1.29 is 23.4 Å². The Morgan fingerprint density at radius 2 is 1.87 bits per heavy atom. The molecule has 8 nitrogen and oxygen atoms in total. The maximum atomic E-state index is 14.7. The fourth-order valence-electron chi connectivity index (χ4n) is 3.64. The van der Waals surface area contributed by atoms with Crippen LogP contribution in [-0.4, -0.2) is 37.2 Å². The number of nitrogens with zero attached hydrogens (tertiary/aromatic N) is 5. The highest BCUT2D eigenvalue weighted by atomic mass is 19.1. The Balaban J connectivity index is 1.68. The first kappa shape index (κ1) is 21.0. The number of hydroxylamine groups is 1. The average molecular weight is 432 g/mol. The summed E-state index contributed by atoms with van der Waals surface area (Å²) in [5.41, 5.74) is -1.71. The number of aromatic nitrogens is 3. The van der Waals surface area contributed by atoms with Crippen LogP contribution in [0.5, 0.6) is 0 Å². The Labute approximate surface area is 175 Å². The van der Waals surface area contributed by atoms with E-state index in [-0.39, 0.29) is 12.1 Å². The second-order valence-electron chi connectivity index (χ2n) is 7.29. The molecule has 2 unspecified atom stereocenters. The molecule has 31 heavy (non-hydrogen) atoms. The minimum Gasteiger partial charge on any atom is -0.606 e. The molecule has 11 heteroatoms. The van der Waals surface area contributed by atoms with E-state index in [1.54, 1.807) is 0 Å². The quantitative estimate of drug-likeness (QED) is 0.573. The smallest absolute Gasteiger partial charge is 0.174 e. The number of halogens is 3. The van der Waals surface area contributed by atoms with Crippen molar-refractivity contribution in [2.24, 2.45) is 5.10 Å². The van der Waals surface area contributed by atoms with E-state index in [4.69, 9.17) is 0 Å². The van der Waals surface area contributed by atoms with E-state index in [9.17, 15) is 23.5 Å². The molecule has 0 saturated heterocycles. The lowest BCUT2D eigenvalue weighted by atomic mass is 9.86. The lowest BCUT2D eigenvalue weighted by molar-refractivity contribution is -0.990. The molecule has 0 radical (unpaired) electrons. The van der Waals surface area contributed by atoms with Gasteiger partial charge in [-0.15, -0.1) is 10.2 Å². The van der Waals surface area contributed by atoms with Crippen LogP contribution in [0.2, 0.25) is 0 Å². The summed E-state index contributed by atoms with van der Waals surface area (Å²) in [7, 11) is 0. The number of hydrogen-bond acceptors (Lipinski definition) is 6. The van der Waals surface area contributed by atoms with Gasteiger partial charge >= 0.3 is 0 Å². The molecule has 2 heterocycles. The van der Waals surface area contributed by atoms with Crippen molar-refractivity contribution >= 4 is 6.21 Å². The van der Waals surface area contributed by atoms with Crippen LogP contribution in [0.25, 0.3) is 0 Å². The molecule has 162 valence electrons. The Morgan fingerprint density at radius 3 is 2.52 bits per heavy atom. The van der Waals surface area contributed by atoms with E-state index in [0.29, 0.717) is 11.6 Å². The van der Waals surface area contributed by atoms with Crippen LogP contribution >= 0.6 is 0 Å². The molecule has 1 aromatic heterocycles. The largest absolute Gasteiger partial charge is 0.606 e. The standard InChI is InChI=1S/C20H19F3N6O2/c1-13(28-25-9-19(29(28)31)14-2-4-15(21)5-3-14)20(30,10-27-12-24-11-26-27)17-7-6-16(22)8-18(17)23/h2-9,11-13,19,29-30H,10H2,1H3/t13-,19?,20-/m1/s1. The maximum Gasteiger partial charge on any atom is 0.174 e. The van der Waals surface area contributed by atoms with Crippen molar-refractivity contribution in [3.63, 3.8) is 0 Å². The van der Waals surface area contributed by atoms with Crippen molar-refractivity contribution in [3.8, 4) is 0 Å². The number of rotatable bonds is 6.